The topological polar surface area (TPSA) is 55.2 Å². The summed E-state index contributed by atoms with van der Waals surface area (Å²) in [5.74, 6) is 0. The third-order valence-corrected chi connectivity index (χ3v) is 1.75. The van der Waals surface area contributed by atoms with Crippen molar-refractivity contribution in [1.29, 1.82) is 0 Å². The van der Waals surface area contributed by atoms with Crippen molar-refractivity contribution in [3.8, 4) is 0 Å². The lowest BCUT2D eigenvalue weighted by Gasteiger charge is -2.13. The first-order valence-corrected chi connectivity index (χ1v) is 3.76. The molecule has 1 aromatic rings. The molecular weight excluding hydrogens is 170 g/mol. The molecule has 0 saturated heterocycles. The number of carbonyl (C=O) groups is 1. The van der Waals surface area contributed by atoms with Crippen molar-refractivity contribution in [1.82, 2.24) is 9.78 Å². The summed E-state index contributed by atoms with van der Waals surface area (Å²) in [4.78, 5) is 23.7. The molecule has 0 fully saturated rings. The van der Waals surface area contributed by atoms with Gasteiger partial charge >= 0.3 is 0 Å². The lowest BCUT2D eigenvalue weighted by molar-refractivity contribution is 0.112. The largest absolute Gasteiger partial charge is 0.376 e. The molecular formula is C8H11N3O2. The Hall–Kier alpha value is -1.65. The van der Waals surface area contributed by atoms with Crippen molar-refractivity contribution >= 4 is 12.0 Å². The number of nitrogens with zero attached hydrogens (tertiary/aromatic N) is 3. The fourth-order valence-electron chi connectivity index (χ4n) is 1.01. The number of hydrogen-bond acceptors (Lipinski definition) is 4. The minimum atomic E-state index is -0.374. The highest BCUT2D eigenvalue weighted by atomic mass is 16.1. The number of carbonyl (C=O) groups excluding carboxylic acids is 1. The molecule has 5 nitrogen and oxygen atoms in total. The van der Waals surface area contributed by atoms with Crippen molar-refractivity contribution in [2.75, 3.05) is 19.0 Å². The molecule has 0 saturated carbocycles. The van der Waals surface area contributed by atoms with Gasteiger partial charge in [0.25, 0.3) is 5.56 Å². The lowest BCUT2D eigenvalue weighted by atomic mass is 10.2. The van der Waals surface area contributed by atoms with E-state index in [1.165, 1.54) is 13.2 Å². The quantitative estimate of drug-likeness (QED) is 0.586. The molecule has 1 heterocycles. The van der Waals surface area contributed by atoms with Crippen LogP contribution in [-0.4, -0.2) is 30.2 Å². The molecule has 0 aromatic carbocycles. The van der Waals surface area contributed by atoms with Gasteiger partial charge in [-0.2, -0.15) is 5.10 Å². The Bertz CT molecular complexity index is 381. The van der Waals surface area contributed by atoms with E-state index < -0.39 is 0 Å². The summed E-state index contributed by atoms with van der Waals surface area (Å²) in [7, 11) is 5.02. The summed E-state index contributed by atoms with van der Waals surface area (Å²) in [6, 6.07) is 0. The van der Waals surface area contributed by atoms with Crippen LogP contribution in [0, 0.1) is 0 Å². The van der Waals surface area contributed by atoms with E-state index in [4.69, 9.17) is 0 Å². The fraction of sp³-hybridized carbons (Fsp3) is 0.375. The first-order chi connectivity index (χ1) is 6.07. The zero-order valence-electron chi connectivity index (χ0n) is 7.81. The molecule has 0 amide bonds. The summed E-state index contributed by atoms with van der Waals surface area (Å²) >= 11 is 0. The van der Waals surface area contributed by atoms with Gasteiger partial charge in [-0.25, -0.2) is 4.68 Å². The predicted molar refractivity (Wildman–Crippen MR) is 49.2 cm³/mol. The van der Waals surface area contributed by atoms with Gasteiger partial charge in [0.2, 0.25) is 0 Å². The zero-order chi connectivity index (χ0) is 10.0. The highest BCUT2D eigenvalue weighted by molar-refractivity contribution is 5.83. The molecule has 0 aliphatic rings. The van der Waals surface area contributed by atoms with E-state index in [-0.39, 0.29) is 11.1 Å². The number of rotatable bonds is 2. The van der Waals surface area contributed by atoms with Crippen LogP contribution in [0.3, 0.4) is 0 Å². The second-order valence-electron chi connectivity index (χ2n) is 2.88. The van der Waals surface area contributed by atoms with Crippen LogP contribution in [0.2, 0.25) is 0 Å². The number of aromatic nitrogens is 2. The molecule has 0 atom stereocenters. The highest BCUT2D eigenvalue weighted by Gasteiger charge is 2.09. The van der Waals surface area contributed by atoms with Crippen molar-refractivity contribution in [3.63, 3.8) is 0 Å². The van der Waals surface area contributed by atoms with Crippen LogP contribution in [0.25, 0.3) is 0 Å². The molecule has 0 N–H and O–H groups in total. The van der Waals surface area contributed by atoms with Gasteiger partial charge in [-0.05, 0) is 0 Å². The minimum Gasteiger partial charge on any atom is -0.376 e. The van der Waals surface area contributed by atoms with Gasteiger partial charge in [0, 0.05) is 21.1 Å². The van der Waals surface area contributed by atoms with Gasteiger partial charge in [0.05, 0.1) is 11.9 Å². The molecule has 5 heteroatoms. The van der Waals surface area contributed by atoms with Gasteiger partial charge in [0.1, 0.15) is 5.56 Å². The van der Waals surface area contributed by atoms with Crippen molar-refractivity contribution in [2.24, 2.45) is 7.05 Å². The normalized spacial score (nSPS) is 9.77. The first-order valence-electron chi connectivity index (χ1n) is 3.76. The summed E-state index contributed by atoms with van der Waals surface area (Å²) < 4.78 is 1.14. The van der Waals surface area contributed by atoms with Gasteiger partial charge in [0.15, 0.2) is 6.29 Å². The third-order valence-electron chi connectivity index (χ3n) is 1.75. The minimum absolute atomic E-state index is 0.141. The Morgan fingerprint density at radius 2 is 2.15 bits per heavy atom. The smallest absolute Gasteiger partial charge is 0.279 e. The second-order valence-corrected chi connectivity index (χ2v) is 2.88. The molecule has 0 aliphatic carbocycles. The maximum Gasteiger partial charge on any atom is 0.279 e. The number of aldehydes is 1. The van der Waals surface area contributed by atoms with Gasteiger partial charge < -0.3 is 4.90 Å². The number of hydrogen-bond donors (Lipinski definition) is 0. The summed E-state index contributed by atoms with van der Waals surface area (Å²) in [6.45, 7) is 0. The molecule has 13 heavy (non-hydrogen) atoms. The maximum atomic E-state index is 11.4. The van der Waals surface area contributed by atoms with Crippen LogP contribution in [0.4, 0.5) is 5.69 Å². The van der Waals surface area contributed by atoms with Gasteiger partial charge in [-0.3, -0.25) is 9.59 Å². The Labute approximate surface area is 75.6 Å². The lowest BCUT2D eigenvalue weighted by Crippen LogP contribution is -2.26. The molecule has 0 unspecified atom stereocenters. The van der Waals surface area contributed by atoms with Crippen LogP contribution >= 0.6 is 0 Å². The summed E-state index contributed by atoms with van der Waals surface area (Å²) in [5.41, 5.74) is 0.307. The molecule has 0 aliphatic heterocycles. The predicted octanol–water partition coefficient (Wildman–Crippen LogP) is -0.341. The molecule has 1 rings (SSSR count). The fourth-order valence-corrected chi connectivity index (χ4v) is 1.01. The van der Waals surface area contributed by atoms with Crippen LogP contribution in [0.1, 0.15) is 10.4 Å². The van der Waals surface area contributed by atoms with Crippen molar-refractivity contribution in [3.05, 3.63) is 22.1 Å². The Balaban J connectivity index is 3.47. The van der Waals surface area contributed by atoms with E-state index in [2.05, 4.69) is 5.10 Å². The average Bonchev–Trinajstić information content (AvgIpc) is 2.09. The average molecular weight is 181 g/mol. The van der Waals surface area contributed by atoms with Crippen molar-refractivity contribution < 1.29 is 4.79 Å². The highest BCUT2D eigenvalue weighted by Crippen LogP contribution is 2.09. The SMILES string of the molecule is CN(C)c1cnn(C)c(=O)c1C=O. The van der Waals surface area contributed by atoms with Crippen LogP contribution in [0.15, 0.2) is 11.0 Å². The monoisotopic (exact) mass is 181 g/mol. The Kier molecular flexibility index (Phi) is 2.46. The van der Waals surface area contributed by atoms with E-state index in [0.29, 0.717) is 12.0 Å². The first kappa shape index (κ1) is 9.44. The standard InChI is InChI=1S/C8H11N3O2/c1-10(2)7-4-9-11(3)8(13)6(7)5-12/h4-5H,1-3H3. The molecule has 1 aromatic heterocycles. The third kappa shape index (κ3) is 1.58. The maximum absolute atomic E-state index is 11.4. The van der Waals surface area contributed by atoms with E-state index >= 15 is 0 Å². The van der Waals surface area contributed by atoms with E-state index in [9.17, 15) is 9.59 Å². The van der Waals surface area contributed by atoms with Crippen molar-refractivity contribution in [2.45, 2.75) is 0 Å². The van der Waals surface area contributed by atoms with Gasteiger partial charge in [-0.1, -0.05) is 0 Å². The molecule has 0 radical (unpaired) electrons. The van der Waals surface area contributed by atoms with Crippen LogP contribution in [0.5, 0.6) is 0 Å². The van der Waals surface area contributed by atoms with Gasteiger partial charge in [-0.15, -0.1) is 0 Å². The van der Waals surface area contributed by atoms with E-state index in [0.717, 1.165) is 4.68 Å². The molecule has 0 bridgehead atoms. The van der Waals surface area contributed by atoms with E-state index in [1.54, 1.807) is 19.0 Å². The Morgan fingerprint density at radius 3 is 2.62 bits per heavy atom. The second kappa shape index (κ2) is 3.38. The number of anilines is 1. The zero-order valence-corrected chi connectivity index (χ0v) is 7.81. The Morgan fingerprint density at radius 1 is 1.54 bits per heavy atom. The van der Waals surface area contributed by atoms with E-state index in [1.807, 2.05) is 0 Å². The summed E-state index contributed by atoms with van der Waals surface area (Å²) in [6.07, 6.45) is 2.05. The molecule has 70 valence electrons. The summed E-state index contributed by atoms with van der Waals surface area (Å²) in [5, 5.41) is 3.81. The number of aryl methyl sites for hydroxylation is 1. The van der Waals surface area contributed by atoms with Crippen LogP contribution < -0.4 is 10.5 Å². The van der Waals surface area contributed by atoms with Crippen LogP contribution in [-0.2, 0) is 7.05 Å². The molecule has 0 spiro atoms.